The van der Waals surface area contributed by atoms with E-state index in [0.717, 1.165) is 22.7 Å². The lowest BCUT2D eigenvalue weighted by molar-refractivity contribution is 0.0992. The van der Waals surface area contributed by atoms with Gasteiger partial charge in [-0.3, -0.25) is 9.48 Å². The van der Waals surface area contributed by atoms with Crippen LogP contribution in [0.4, 0.5) is 5.69 Å². The van der Waals surface area contributed by atoms with Crippen molar-refractivity contribution >= 4 is 11.6 Å². The standard InChI is InChI=1S/C27H29N3O4/c1-5-32-22-10-12-23(13-11-22)33-17-24-14-15-25(34-24)27(31)28-26-19(3)29-30(20(26)4)16-21-8-6-18(2)7-9-21/h6-15H,5,16-17H2,1-4H3,(H,28,31). The second-order valence-electron chi connectivity index (χ2n) is 8.10. The van der Waals surface area contributed by atoms with Gasteiger partial charge in [0.2, 0.25) is 0 Å². The maximum Gasteiger partial charge on any atom is 0.291 e. The molecule has 4 aromatic rings. The zero-order valence-electron chi connectivity index (χ0n) is 19.9. The highest BCUT2D eigenvalue weighted by Gasteiger charge is 2.18. The van der Waals surface area contributed by atoms with Crippen LogP contribution in [-0.4, -0.2) is 22.3 Å². The molecule has 0 aliphatic heterocycles. The highest BCUT2D eigenvalue weighted by molar-refractivity contribution is 6.02. The van der Waals surface area contributed by atoms with Crippen LogP contribution in [0.2, 0.25) is 0 Å². The van der Waals surface area contributed by atoms with Gasteiger partial charge in [-0.2, -0.15) is 5.10 Å². The van der Waals surface area contributed by atoms with Crippen LogP contribution in [-0.2, 0) is 13.2 Å². The Morgan fingerprint density at radius 3 is 2.29 bits per heavy atom. The molecule has 0 fully saturated rings. The van der Waals surface area contributed by atoms with E-state index in [4.69, 9.17) is 13.9 Å². The maximum atomic E-state index is 12.8. The molecule has 7 heteroatoms. The van der Waals surface area contributed by atoms with Crippen molar-refractivity contribution in [3.8, 4) is 11.5 Å². The van der Waals surface area contributed by atoms with Crippen molar-refractivity contribution in [3.05, 3.63) is 94.7 Å². The SMILES string of the molecule is CCOc1ccc(OCc2ccc(C(=O)Nc3c(C)nn(Cc4ccc(C)cc4)c3C)o2)cc1. The van der Waals surface area contributed by atoms with Crippen molar-refractivity contribution in [1.29, 1.82) is 0 Å². The third-order valence-electron chi connectivity index (χ3n) is 5.47. The minimum atomic E-state index is -0.326. The van der Waals surface area contributed by atoms with Gasteiger partial charge in [0.25, 0.3) is 5.91 Å². The second kappa shape index (κ2) is 10.3. The van der Waals surface area contributed by atoms with Crippen LogP contribution in [0.15, 0.2) is 65.1 Å². The Labute approximate surface area is 199 Å². The molecule has 2 heterocycles. The third-order valence-corrected chi connectivity index (χ3v) is 5.47. The predicted molar refractivity (Wildman–Crippen MR) is 131 cm³/mol. The number of ether oxygens (including phenoxy) is 2. The number of hydrogen-bond acceptors (Lipinski definition) is 5. The van der Waals surface area contributed by atoms with E-state index in [-0.39, 0.29) is 18.3 Å². The number of aromatic nitrogens is 2. The van der Waals surface area contributed by atoms with Gasteiger partial charge >= 0.3 is 0 Å². The molecule has 2 aromatic heterocycles. The Kier molecular flexibility index (Phi) is 7.01. The second-order valence-corrected chi connectivity index (χ2v) is 8.10. The number of anilines is 1. The van der Waals surface area contributed by atoms with Crippen molar-refractivity contribution in [3.63, 3.8) is 0 Å². The fraction of sp³-hybridized carbons (Fsp3) is 0.259. The van der Waals surface area contributed by atoms with Crippen molar-refractivity contribution in [2.45, 2.75) is 40.8 Å². The fourth-order valence-corrected chi connectivity index (χ4v) is 3.60. The van der Waals surface area contributed by atoms with E-state index in [1.807, 2.05) is 49.7 Å². The van der Waals surface area contributed by atoms with Gasteiger partial charge in [-0.05, 0) is 69.7 Å². The smallest absolute Gasteiger partial charge is 0.291 e. The van der Waals surface area contributed by atoms with E-state index >= 15 is 0 Å². The molecule has 0 spiro atoms. The van der Waals surface area contributed by atoms with E-state index < -0.39 is 0 Å². The number of nitrogens with zero attached hydrogens (tertiary/aromatic N) is 2. The lowest BCUT2D eigenvalue weighted by Crippen LogP contribution is -2.12. The number of benzene rings is 2. The maximum absolute atomic E-state index is 12.8. The third kappa shape index (κ3) is 5.49. The highest BCUT2D eigenvalue weighted by atomic mass is 16.5. The van der Waals surface area contributed by atoms with Gasteiger partial charge in [0.1, 0.15) is 23.9 Å². The van der Waals surface area contributed by atoms with Gasteiger partial charge < -0.3 is 19.2 Å². The summed E-state index contributed by atoms with van der Waals surface area (Å²) in [6.07, 6.45) is 0. The number of carbonyl (C=O) groups is 1. The zero-order chi connectivity index (χ0) is 24.1. The average molecular weight is 460 g/mol. The number of nitrogens with one attached hydrogen (secondary N) is 1. The van der Waals surface area contributed by atoms with E-state index in [0.29, 0.717) is 30.3 Å². The van der Waals surface area contributed by atoms with Crippen LogP contribution >= 0.6 is 0 Å². The summed E-state index contributed by atoms with van der Waals surface area (Å²) in [5.74, 6) is 1.93. The summed E-state index contributed by atoms with van der Waals surface area (Å²) in [4.78, 5) is 12.8. The number of furan rings is 1. The molecule has 0 saturated heterocycles. The molecule has 0 radical (unpaired) electrons. The topological polar surface area (TPSA) is 78.5 Å². The number of amides is 1. The highest BCUT2D eigenvalue weighted by Crippen LogP contribution is 2.23. The van der Waals surface area contributed by atoms with E-state index in [1.54, 1.807) is 12.1 Å². The quantitative estimate of drug-likeness (QED) is 0.348. The summed E-state index contributed by atoms with van der Waals surface area (Å²) in [7, 11) is 0. The summed E-state index contributed by atoms with van der Waals surface area (Å²) in [6.45, 7) is 9.30. The Morgan fingerprint density at radius 1 is 0.941 bits per heavy atom. The van der Waals surface area contributed by atoms with Crippen LogP contribution in [0.5, 0.6) is 11.5 Å². The van der Waals surface area contributed by atoms with Gasteiger partial charge in [0, 0.05) is 0 Å². The minimum Gasteiger partial charge on any atom is -0.494 e. The van der Waals surface area contributed by atoms with Crippen molar-refractivity contribution < 1.29 is 18.7 Å². The molecule has 1 amide bonds. The summed E-state index contributed by atoms with van der Waals surface area (Å²) >= 11 is 0. The van der Waals surface area contributed by atoms with Gasteiger partial charge in [0.05, 0.1) is 30.2 Å². The Hall–Kier alpha value is -4.00. The molecule has 2 aromatic carbocycles. The molecule has 1 N–H and O–H groups in total. The lowest BCUT2D eigenvalue weighted by Gasteiger charge is -2.07. The Balaban J connectivity index is 1.37. The van der Waals surface area contributed by atoms with E-state index in [2.05, 4.69) is 41.6 Å². The predicted octanol–water partition coefficient (Wildman–Crippen LogP) is 5.68. The molecule has 0 bridgehead atoms. The molecule has 176 valence electrons. The average Bonchev–Trinajstić information content (AvgIpc) is 3.41. The summed E-state index contributed by atoms with van der Waals surface area (Å²) in [5, 5.41) is 7.55. The van der Waals surface area contributed by atoms with Gasteiger partial charge in [-0.25, -0.2) is 0 Å². The summed E-state index contributed by atoms with van der Waals surface area (Å²) < 4.78 is 18.8. The summed E-state index contributed by atoms with van der Waals surface area (Å²) in [5.41, 5.74) is 4.70. The largest absolute Gasteiger partial charge is 0.494 e. The van der Waals surface area contributed by atoms with Crippen LogP contribution < -0.4 is 14.8 Å². The number of rotatable bonds is 9. The molecule has 0 saturated carbocycles. The first kappa shape index (κ1) is 23.2. The normalized spacial score (nSPS) is 10.8. The first-order valence-electron chi connectivity index (χ1n) is 11.3. The number of aryl methyl sites for hydroxylation is 2. The van der Waals surface area contributed by atoms with Gasteiger partial charge in [-0.1, -0.05) is 29.8 Å². The van der Waals surface area contributed by atoms with Gasteiger partial charge in [0.15, 0.2) is 5.76 Å². The molecular formula is C27H29N3O4. The molecule has 0 atom stereocenters. The fourth-order valence-electron chi connectivity index (χ4n) is 3.60. The lowest BCUT2D eigenvalue weighted by atomic mass is 10.1. The van der Waals surface area contributed by atoms with Crippen LogP contribution in [0, 0.1) is 20.8 Å². The first-order chi connectivity index (χ1) is 16.4. The van der Waals surface area contributed by atoms with Crippen LogP contribution in [0.1, 0.15) is 45.8 Å². The van der Waals surface area contributed by atoms with Crippen LogP contribution in [0.3, 0.4) is 0 Å². The molecule has 0 aliphatic carbocycles. The number of hydrogen-bond donors (Lipinski definition) is 1. The molecule has 4 rings (SSSR count). The van der Waals surface area contributed by atoms with E-state index in [1.165, 1.54) is 5.56 Å². The molecule has 0 unspecified atom stereocenters. The van der Waals surface area contributed by atoms with Gasteiger partial charge in [-0.15, -0.1) is 0 Å². The molecular weight excluding hydrogens is 430 g/mol. The number of carbonyl (C=O) groups excluding carboxylic acids is 1. The first-order valence-corrected chi connectivity index (χ1v) is 11.3. The molecule has 0 aliphatic rings. The summed E-state index contributed by atoms with van der Waals surface area (Å²) in [6, 6.07) is 19.1. The Morgan fingerprint density at radius 2 is 1.62 bits per heavy atom. The van der Waals surface area contributed by atoms with Crippen molar-refractivity contribution in [2.75, 3.05) is 11.9 Å². The monoisotopic (exact) mass is 459 g/mol. The van der Waals surface area contributed by atoms with Crippen molar-refractivity contribution in [2.24, 2.45) is 0 Å². The minimum absolute atomic E-state index is 0.216. The zero-order valence-corrected chi connectivity index (χ0v) is 19.9. The molecule has 34 heavy (non-hydrogen) atoms. The van der Waals surface area contributed by atoms with Crippen molar-refractivity contribution in [1.82, 2.24) is 9.78 Å². The van der Waals surface area contributed by atoms with E-state index in [9.17, 15) is 4.79 Å². The molecule has 7 nitrogen and oxygen atoms in total. The van der Waals surface area contributed by atoms with Crippen LogP contribution in [0.25, 0.3) is 0 Å². The Bertz CT molecular complexity index is 1250.